The number of carbonyl (C=O) groups is 2. The highest BCUT2D eigenvalue weighted by molar-refractivity contribution is 8.00. The molecule has 22 heavy (non-hydrogen) atoms. The molecular weight excluding hydrogens is 318 g/mol. The number of thioether (sulfide) groups is 2. The quantitative estimate of drug-likeness (QED) is 0.836. The van der Waals surface area contributed by atoms with Crippen LogP contribution in [0, 0.1) is 13.8 Å². The largest absolute Gasteiger partial charge is 0.481 e. The fraction of sp³-hybridized carbons (Fsp3) is 0.500. The fourth-order valence-corrected chi connectivity index (χ4v) is 4.51. The lowest BCUT2D eigenvalue weighted by Crippen LogP contribution is -2.47. The van der Waals surface area contributed by atoms with Gasteiger partial charge in [0.2, 0.25) is 5.91 Å². The first-order valence-corrected chi connectivity index (χ1v) is 9.40. The summed E-state index contributed by atoms with van der Waals surface area (Å²) in [5, 5.41) is 8.99. The number of hydrogen-bond donors (Lipinski definition) is 1. The monoisotopic (exact) mass is 339 g/mol. The lowest BCUT2D eigenvalue weighted by molar-refractivity contribution is -0.139. The van der Waals surface area contributed by atoms with E-state index in [0.29, 0.717) is 18.1 Å². The van der Waals surface area contributed by atoms with E-state index in [-0.39, 0.29) is 18.4 Å². The summed E-state index contributed by atoms with van der Waals surface area (Å²) in [7, 11) is 0. The van der Waals surface area contributed by atoms with Crippen LogP contribution < -0.4 is 0 Å². The van der Waals surface area contributed by atoms with E-state index in [0.717, 1.165) is 10.6 Å². The van der Waals surface area contributed by atoms with Gasteiger partial charge in [-0.25, -0.2) is 0 Å². The van der Waals surface area contributed by atoms with Gasteiger partial charge in [0, 0.05) is 22.9 Å². The Morgan fingerprint density at radius 1 is 1.41 bits per heavy atom. The van der Waals surface area contributed by atoms with Crippen molar-refractivity contribution in [2.45, 2.75) is 31.2 Å². The topological polar surface area (TPSA) is 57.6 Å². The van der Waals surface area contributed by atoms with Gasteiger partial charge in [-0.15, -0.1) is 11.8 Å². The number of rotatable bonds is 5. The Morgan fingerprint density at radius 3 is 2.91 bits per heavy atom. The molecule has 120 valence electrons. The molecule has 0 bridgehead atoms. The van der Waals surface area contributed by atoms with Crippen LogP contribution in [0.2, 0.25) is 0 Å². The van der Waals surface area contributed by atoms with E-state index in [1.807, 2.05) is 13.8 Å². The van der Waals surface area contributed by atoms with Crippen molar-refractivity contribution in [3.8, 4) is 0 Å². The Morgan fingerprint density at radius 2 is 2.18 bits per heavy atom. The second-order valence-electron chi connectivity index (χ2n) is 5.47. The van der Waals surface area contributed by atoms with Gasteiger partial charge < -0.3 is 10.0 Å². The number of aliphatic carboxylic acids is 1. The first-order valence-electron chi connectivity index (χ1n) is 7.26. The fourth-order valence-electron chi connectivity index (χ4n) is 2.44. The minimum Gasteiger partial charge on any atom is -0.481 e. The molecule has 0 aliphatic carbocycles. The zero-order valence-corrected chi connectivity index (χ0v) is 14.5. The maximum absolute atomic E-state index is 12.5. The molecule has 1 N–H and O–H groups in total. The lowest BCUT2D eigenvalue weighted by atomic mass is 10.2. The molecule has 0 aromatic heterocycles. The van der Waals surface area contributed by atoms with Crippen molar-refractivity contribution >= 4 is 35.4 Å². The Bertz CT molecular complexity index is 562. The molecule has 1 aliphatic rings. The zero-order valence-electron chi connectivity index (χ0n) is 12.9. The molecule has 1 heterocycles. The number of benzene rings is 1. The van der Waals surface area contributed by atoms with Crippen molar-refractivity contribution in [3.05, 3.63) is 29.3 Å². The minimum absolute atomic E-state index is 0.0346. The van der Waals surface area contributed by atoms with Crippen LogP contribution in [-0.4, -0.2) is 51.7 Å². The van der Waals surface area contributed by atoms with Gasteiger partial charge in [0.15, 0.2) is 0 Å². The molecule has 2 rings (SSSR count). The zero-order chi connectivity index (χ0) is 16.1. The molecule has 1 aliphatic heterocycles. The van der Waals surface area contributed by atoms with Gasteiger partial charge in [-0.2, -0.15) is 11.8 Å². The first kappa shape index (κ1) is 17.2. The van der Waals surface area contributed by atoms with E-state index in [1.54, 1.807) is 16.7 Å². The summed E-state index contributed by atoms with van der Waals surface area (Å²) < 4.78 is 0. The average Bonchev–Trinajstić information content (AvgIpc) is 2.48. The number of carboxylic acid groups (broad SMARTS) is 1. The normalized spacial score (nSPS) is 18.3. The summed E-state index contributed by atoms with van der Waals surface area (Å²) in [6.45, 7) is 4.72. The summed E-state index contributed by atoms with van der Waals surface area (Å²) in [6.07, 6.45) is 0.0346. The number of nitrogens with zero attached hydrogens (tertiary/aromatic N) is 1. The SMILES string of the molecule is Cc1ccc(C)c(SCC(=O)N2CCSCC2CC(=O)O)c1. The van der Waals surface area contributed by atoms with Crippen molar-refractivity contribution in [1.29, 1.82) is 0 Å². The van der Waals surface area contributed by atoms with Gasteiger partial charge in [0.1, 0.15) is 0 Å². The molecule has 1 aromatic carbocycles. The van der Waals surface area contributed by atoms with Crippen molar-refractivity contribution in [1.82, 2.24) is 4.90 Å². The van der Waals surface area contributed by atoms with Crippen LogP contribution in [0.25, 0.3) is 0 Å². The third-order valence-electron chi connectivity index (χ3n) is 3.65. The van der Waals surface area contributed by atoms with Gasteiger partial charge in [-0.1, -0.05) is 17.7 Å². The van der Waals surface area contributed by atoms with Crippen LogP contribution in [0.15, 0.2) is 23.1 Å². The van der Waals surface area contributed by atoms with Gasteiger partial charge in [-0.05, 0) is 25.5 Å². The Kier molecular flexibility index (Phi) is 6.20. The molecular formula is C16H21NO3S2. The molecule has 1 fully saturated rings. The van der Waals surface area contributed by atoms with Gasteiger partial charge >= 0.3 is 5.97 Å². The van der Waals surface area contributed by atoms with E-state index in [4.69, 9.17) is 5.11 Å². The molecule has 4 nitrogen and oxygen atoms in total. The Labute approximate surface area is 139 Å². The van der Waals surface area contributed by atoms with Crippen molar-refractivity contribution in [2.75, 3.05) is 23.8 Å². The molecule has 1 atom stereocenters. The maximum atomic E-state index is 12.5. The predicted molar refractivity (Wildman–Crippen MR) is 91.7 cm³/mol. The summed E-state index contributed by atoms with van der Waals surface area (Å²) in [5.41, 5.74) is 2.35. The van der Waals surface area contributed by atoms with Crippen molar-refractivity contribution in [2.24, 2.45) is 0 Å². The van der Waals surface area contributed by atoms with Crippen molar-refractivity contribution < 1.29 is 14.7 Å². The minimum atomic E-state index is -0.840. The van der Waals surface area contributed by atoms with E-state index >= 15 is 0 Å². The second-order valence-corrected chi connectivity index (χ2v) is 7.64. The van der Waals surface area contributed by atoms with E-state index in [2.05, 4.69) is 18.2 Å². The lowest BCUT2D eigenvalue weighted by Gasteiger charge is -2.34. The standard InChI is InChI=1S/C16H21NO3S2/c1-11-3-4-12(2)14(7-11)22-10-15(18)17-5-6-21-9-13(17)8-16(19)20/h3-4,7,13H,5-6,8-10H2,1-2H3,(H,19,20). The number of amides is 1. The summed E-state index contributed by atoms with van der Waals surface area (Å²) >= 11 is 3.26. The van der Waals surface area contributed by atoms with Crippen LogP contribution >= 0.6 is 23.5 Å². The third kappa shape index (κ3) is 4.68. The molecule has 0 saturated carbocycles. The third-order valence-corrected chi connectivity index (χ3v) is 5.89. The molecule has 6 heteroatoms. The van der Waals surface area contributed by atoms with Crippen LogP contribution in [0.5, 0.6) is 0 Å². The molecule has 0 radical (unpaired) electrons. The molecule has 1 amide bonds. The van der Waals surface area contributed by atoms with E-state index in [9.17, 15) is 9.59 Å². The average molecular weight is 339 g/mol. The number of carboxylic acids is 1. The Hall–Kier alpha value is -1.14. The molecule has 1 unspecified atom stereocenters. The number of carbonyl (C=O) groups excluding carboxylic acids is 1. The highest BCUT2D eigenvalue weighted by Gasteiger charge is 2.28. The second kappa shape index (κ2) is 7.92. The van der Waals surface area contributed by atoms with E-state index in [1.165, 1.54) is 22.9 Å². The first-order chi connectivity index (χ1) is 10.5. The summed E-state index contributed by atoms with van der Waals surface area (Å²) in [4.78, 5) is 26.3. The highest BCUT2D eigenvalue weighted by atomic mass is 32.2. The highest BCUT2D eigenvalue weighted by Crippen LogP contribution is 2.25. The van der Waals surface area contributed by atoms with Crippen molar-refractivity contribution in [3.63, 3.8) is 0 Å². The summed E-state index contributed by atoms with van der Waals surface area (Å²) in [5.74, 6) is 1.16. The van der Waals surface area contributed by atoms with Gasteiger partial charge in [0.25, 0.3) is 0 Å². The van der Waals surface area contributed by atoms with Crippen LogP contribution in [-0.2, 0) is 9.59 Å². The van der Waals surface area contributed by atoms with E-state index < -0.39 is 5.97 Å². The number of aryl methyl sites for hydroxylation is 2. The van der Waals surface area contributed by atoms with Gasteiger partial charge in [-0.3, -0.25) is 9.59 Å². The smallest absolute Gasteiger partial charge is 0.305 e. The molecule has 0 spiro atoms. The van der Waals surface area contributed by atoms with Crippen LogP contribution in [0.4, 0.5) is 0 Å². The van der Waals surface area contributed by atoms with Crippen LogP contribution in [0.3, 0.4) is 0 Å². The molecule has 1 saturated heterocycles. The van der Waals surface area contributed by atoms with Crippen LogP contribution in [0.1, 0.15) is 17.5 Å². The number of hydrogen-bond acceptors (Lipinski definition) is 4. The Balaban J connectivity index is 1.97. The summed E-state index contributed by atoms with van der Waals surface area (Å²) in [6, 6.07) is 6.04. The predicted octanol–water partition coefficient (Wildman–Crippen LogP) is 2.81. The van der Waals surface area contributed by atoms with Gasteiger partial charge in [0.05, 0.1) is 18.2 Å². The maximum Gasteiger partial charge on any atom is 0.305 e. The molecule has 1 aromatic rings.